The summed E-state index contributed by atoms with van der Waals surface area (Å²) < 4.78 is 5.20. The topological polar surface area (TPSA) is 128 Å². The molecule has 34 heavy (non-hydrogen) atoms. The number of aliphatic hydroxyl groups is 2. The van der Waals surface area contributed by atoms with Crippen molar-refractivity contribution in [1.82, 2.24) is 15.5 Å². The number of aryl methyl sites for hydroxylation is 2. The molecule has 9 nitrogen and oxygen atoms in total. The minimum absolute atomic E-state index is 0.120. The molecular weight excluding hydrogens is 438 g/mol. The molecule has 0 heterocycles. The van der Waals surface area contributed by atoms with E-state index in [9.17, 15) is 24.6 Å². The lowest BCUT2D eigenvalue weighted by atomic mass is 9.96. The van der Waals surface area contributed by atoms with Gasteiger partial charge < -0.3 is 30.5 Å². The van der Waals surface area contributed by atoms with Gasteiger partial charge in [0.2, 0.25) is 11.8 Å². The molecule has 192 valence electrons. The van der Waals surface area contributed by atoms with Crippen molar-refractivity contribution < 1.29 is 29.3 Å². The van der Waals surface area contributed by atoms with E-state index >= 15 is 0 Å². The molecular formula is C25H41N3O6. The van der Waals surface area contributed by atoms with Crippen LogP contribution < -0.4 is 10.6 Å². The lowest BCUT2D eigenvalue weighted by Crippen LogP contribution is -2.55. The molecule has 0 radical (unpaired) electrons. The Morgan fingerprint density at radius 3 is 2.26 bits per heavy atom. The largest absolute Gasteiger partial charge is 0.444 e. The molecule has 0 aliphatic carbocycles. The smallest absolute Gasteiger partial charge is 0.408 e. The first-order valence-electron chi connectivity index (χ1n) is 11.7. The van der Waals surface area contributed by atoms with Gasteiger partial charge >= 0.3 is 6.09 Å². The van der Waals surface area contributed by atoms with Gasteiger partial charge in [0.15, 0.2) is 0 Å². The van der Waals surface area contributed by atoms with E-state index in [-0.39, 0.29) is 12.6 Å². The van der Waals surface area contributed by atoms with Gasteiger partial charge in [-0.05, 0) is 59.1 Å². The predicted octanol–water partition coefficient (Wildman–Crippen LogP) is 2.36. The summed E-state index contributed by atoms with van der Waals surface area (Å²) >= 11 is 0. The Kier molecular flexibility index (Phi) is 11.5. The molecule has 0 bridgehead atoms. The number of nitrogens with zero attached hydrogens (tertiary/aromatic N) is 1. The van der Waals surface area contributed by atoms with E-state index in [2.05, 4.69) is 10.6 Å². The Hall–Kier alpha value is -2.65. The third-order valence-corrected chi connectivity index (χ3v) is 5.19. The molecule has 0 saturated carbocycles. The number of ether oxygens (including phenoxy) is 1. The van der Waals surface area contributed by atoms with Crippen LogP contribution in [0.25, 0.3) is 0 Å². The van der Waals surface area contributed by atoms with Crippen molar-refractivity contribution in [3.05, 3.63) is 34.9 Å². The van der Waals surface area contributed by atoms with Gasteiger partial charge in [0.25, 0.3) is 0 Å². The van der Waals surface area contributed by atoms with Gasteiger partial charge in [0.1, 0.15) is 17.7 Å². The predicted molar refractivity (Wildman–Crippen MR) is 130 cm³/mol. The maximum atomic E-state index is 13.5. The zero-order valence-electron chi connectivity index (χ0n) is 21.5. The summed E-state index contributed by atoms with van der Waals surface area (Å²) in [5.41, 5.74) is 1.61. The van der Waals surface area contributed by atoms with Gasteiger partial charge in [-0.15, -0.1) is 0 Å². The van der Waals surface area contributed by atoms with Crippen LogP contribution in [-0.4, -0.2) is 70.5 Å². The molecule has 4 N–H and O–H groups in total. The van der Waals surface area contributed by atoms with Crippen molar-refractivity contribution >= 4 is 17.9 Å². The molecule has 0 fully saturated rings. The fourth-order valence-corrected chi connectivity index (χ4v) is 3.72. The maximum Gasteiger partial charge on any atom is 0.408 e. The normalized spacial score (nSPS) is 14.0. The van der Waals surface area contributed by atoms with Crippen LogP contribution >= 0.6 is 0 Å². The van der Waals surface area contributed by atoms with Crippen LogP contribution in [0.15, 0.2) is 18.2 Å². The van der Waals surface area contributed by atoms with Crippen molar-refractivity contribution in [2.24, 2.45) is 0 Å². The van der Waals surface area contributed by atoms with Crippen LogP contribution in [0.4, 0.5) is 4.79 Å². The number of nitrogens with one attached hydrogen (secondary N) is 2. The van der Waals surface area contributed by atoms with E-state index in [0.717, 1.165) is 24.0 Å². The Morgan fingerprint density at radius 2 is 1.76 bits per heavy atom. The number of benzene rings is 1. The fourth-order valence-electron chi connectivity index (χ4n) is 3.72. The second kappa shape index (κ2) is 13.3. The van der Waals surface area contributed by atoms with Crippen LogP contribution in [0.1, 0.15) is 70.2 Å². The highest BCUT2D eigenvalue weighted by Gasteiger charge is 2.36. The van der Waals surface area contributed by atoms with E-state index < -0.39 is 48.8 Å². The number of rotatable bonds is 11. The Bertz CT molecular complexity index is 836. The number of amides is 3. The molecule has 0 aliphatic heterocycles. The number of hydrogen-bond donors (Lipinski definition) is 4. The SMILES string of the molecule is CCCC(C)NC(=O)C(c1ccc(C)cc1C)N(CCO)C(=O)C(CO)NC(=O)OC(C)(C)C. The molecule has 0 saturated heterocycles. The van der Waals surface area contributed by atoms with Crippen LogP contribution in [0.2, 0.25) is 0 Å². The van der Waals surface area contributed by atoms with E-state index in [0.29, 0.717) is 5.56 Å². The summed E-state index contributed by atoms with van der Waals surface area (Å²) in [6, 6.07) is 3.01. The summed E-state index contributed by atoms with van der Waals surface area (Å²) in [6.07, 6.45) is 0.771. The lowest BCUT2D eigenvalue weighted by molar-refractivity contribution is -0.144. The molecule has 3 unspecified atom stereocenters. The molecule has 9 heteroatoms. The number of alkyl carbamates (subject to hydrolysis) is 1. The quantitative estimate of drug-likeness (QED) is 0.386. The molecule has 0 spiro atoms. The monoisotopic (exact) mass is 479 g/mol. The summed E-state index contributed by atoms with van der Waals surface area (Å²) in [7, 11) is 0. The van der Waals surface area contributed by atoms with Gasteiger partial charge in [-0.3, -0.25) is 9.59 Å². The Labute approximate surface area is 202 Å². The van der Waals surface area contributed by atoms with Crippen molar-refractivity contribution in [2.45, 2.75) is 85.0 Å². The lowest BCUT2D eigenvalue weighted by Gasteiger charge is -2.35. The summed E-state index contributed by atoms with van der Waals surface area (Å²) in [6.45, 7) is 11.4. The van der Waals surface area contributed by atoms with E-state index in [4.69, 9.17) is 4.74 Å². The van der Waals surface area contributed by atoms with Crippen molar-refractivity contribution in [1.29, 1.82) is 0 Å². The van der Waals surface area contributed by atoms with Crippen molar-refractivity contribution in [3.63, 3.8) is 0 Å². The first-order valence-corrected chi connectivity index (χ1v) is 11.7. The average molecular weight is 480 g/mol. The van der Waals surface area contributed by atoms with Crippen molar-refractivity contribution in [2.75, 3.05) is 19.8 Å². The molecule has 1 aromatic carbocycles. The molecule has 1 rings (SSSR count). The Balaban J connectivity index is 3.39. The molecule has 1 aromatic rings. The minimum atomic E-state index is -1.35. The van der Waals surface area contributed by atoms with Crippen LogP contribution in [-0.2, 0) is 14.3 Å². The van der Waals surface area contributed by atoms with Gasteiger partial charge in [-0.1, -0.05) is 37.1 Å². The summed E-state index contributed by atoms with van der Waals surface area (Å²) in [4.78, 5) is 40.4. The molecule has 0 aliphatic rings. The van der Waals surface area contributed by atoms with Crippen LogP contribution in [0, 0.1) is 13.8 Å². The second-order valence-electron chi connectivity index (χ2n) is 9.60. The van der Waals surface area contributed by atoms with Crippen molar-refractivity contribution in [3.8, 4) is 0 Å². The van der Waals surface area contributed by atoms with Crippen LogP contribution in [0.3, 0.4) is 0 Å². The first kappa shape index (κ1) is 29.4. The standard InChI is InChI=1S/C25H41N3O6/c1-8-9-18(4)26-22(31)21(19-11-10-16(2)14-17(19)3)28(12-13-29)23(32)20(15-30)27-24(33)34-25(5,6)7/h10-11,14,18,20-21,29-30H,8-9,12-13,15H2,1-7H3,(H,26,31)(H,27,33). The number of carbonyl (C=O) groups excluding carboxylic acids is 3. The zero-order chi connectivity index (χ0) is 26.1. The van der Waals surface area contributed by atoms with Gasteiger partial charge in [0, 0.05) is 12.6 Å². The Morgan fingerprint density at radius 1 is 1.12 bits per heavy atom. The molecule has 3 atom stereocenters. The third-order valence-electron chi connectivity index (χ3n) is 5.19. The van der Waals surface area contributed by atoms with Gasteiger partial charge in [0.05, 0.1) is 13.2 Å². The summed E-state index contributed by atoms with van der Waals surface area (Å²) in [5, 5.41) is 24.9. The van der Waals surface area contributed by atoms with E-state index in [1.807, 2.05) is 39.8 Å². The first-order chi connectivity index (χ1) is 15.8. The maximum absolute atomic E-state index is 13.5. The van der Waals surface area contributed by atoms with Crippen LogP contribution in [0.5, 0.6) is 0 Å². The van der Waals surface area contributed by atoms with E-state index in [1.165, 1.54) is 4.90 Å². The molecule has 0 aromatic heterocycles. The van der Waals surface area contributed by atoms with Gasteiger partial charge in [-0.25, -0.2) is 4.79 Å². The average Bonchev–Trinajstić information content (AvgIpc) is 2.71. The minimum Gasteiger partial charge on any atom is -0.444 e. The summed E-state index contributed by atoms with van der Waals surface area (Å²) in [5.74, 6) is -1.10. The number of carbonyl (C=O) groups is 3. The highest BCUT2D eigenvalue weighted by Crippen LogP contribution is 2.26. The van der Waals surface area contributed by atoms with Gasteiger partial charge in [-0.2, -0.15) is 0 Å². The fraction of sp³-hybridized carbons (Fsp3) is 0.640. The highest BCUT2D eigenvalue weighted by atomic mass is 16.6. The highest BCUT2D eigenvalue weighted by molar-refractivity contribution is 5.92. The number of hydrogen-bond acceptors (Lipinski definition) is 6. The third kappa shape index (κ3) is 8.95. The van der Waals surface area contributed by atoms with E-state index in [1.54, 1.807) is 26.8 Å². The molecule has 3 amide bonds. The second-order valence-corrected chi connectivity index (χ2v) is 9.60. The number of aliphatic hydroxyl groups excluding tert-OH is 2. The zero-order valence-corrected chi connectivity index (χ0v) is 21.5.